The first kappa shape index (κ1) is 16.8. The lowest BCUT2D eigenvalue weighted by Gasteiger charge is -2.27. The third-order valence-corrected chi connectivity index (χ3v) is 2.97. The molecule has 1 saturated carbocycles. The molecule has 1 aliphatic carbocycles. The summed E-state index contributed by atoms with van der Waals surface area (Å²) < 4.78 is 10.0. The molecule has 1 fully saturated rings. The Kier molecular flexibility index (Phi) is 5.80. The predicted molar refractivity (Wildman–Crippen MR) is 75.4 cm³/mol. The van der Waals surface area contributed by atoms with Crippen molar-refractivity contribution >= 4 is 12.1 Å². The average Bonchev–Trinajstić information content (AvgIpc) is 3.15. The largest absolute Gasteiger partial charge is 0.468 e. The molecule has 0 aromatic carbocycles. The number of carbonyl (C=O) groups excluding carboxylic acids is 2. The van der Waals surface area contributed by atoms with E-state index >= 15 is 0 Å². The van der Waals surface area contributed by atoms with Crippen LogP contribution in [-0.2, 0) is 14.3 Å². The highest BCUT2D eigenvalue weighted by Crippen LogP contribution is 2.27. The Balaban J connectivity index is 2.40. The fraction of sp³-hybridized carbons (Fsp3) is 0.857. The molecule has 0 aromatic rings. The van der Waals surface area contributed by atoms with Gasteiger partial charge in [0, 0.05) is 19.1 Å². The Hall–Kier alpha value is -1.30. The van der Waals surface area contributed by atoms with Gasteiger partial charge in [0.2, 0.25) is 0 Å². The lowest BCUT2D eigenvalue weighted by molar-refractivity contribution is -0.142. The van der Waals surface area contributed by atoms with Crippen LogP contribution >= 0.6 is 0 Å². The van der Waals surface area contributed by atoms with Crippen LogP contribution in [0.15, 0.2) is 0 Å². The van der Waals surface area contributed by atoms with E-state index in [9.17, 15) is 9.59 Å². The number of hydrogen-bond donors (Lipinski definition) is 1. The molecule has 0 aliphatic heterocycles. The smallest absolute Gasteiger partial charge is 0.410 e. The normalized spacial score (nSPS) is 16.4. The van der Waals surface area contributed by atoms with Crippen molar-refractivity contribution in [3.8, 4) is 0 Å². The van der Waals surface area contributed by atoms with E-state index in [-0.39, 0.29) is 24.1 Å². The van der Waals surface area contributed by atoms with Gasteiger partial charge in [-0.2, -0.15) is 0 Å². The number of hydrogen-bond acceptors (Lipinski definition) is 5. The van der Waals surface area contributed by atoms with Crippen molar-refractivity contribution in [2.24, 2.45) is 0 Å². The topological polar surface area (TPSA) is 67.9 Å². The zero-order valence-electron chi connectivity index (χ0n) is 13.1. The van der Waals surface area contributed by atoms with Crippen molar-refractivity contribution < 1.29 is 19.1 Å². The van der Waals surface area contributed by atoms with Crippen molar-refractivity contribution in [2.45, 2.75) is 58.2 Å². The number of methoxy groups -OCH3 is 1. The van der Waals surface area contributed by atoms with E-state index in [1.165, 1.54) is 7.11 Å². The second kappa shape index (κ2) is 6.92. The first-order chi connectivity index (χ1) is 9.24. The van der Waals surface area contributed by atoms with Crippen LogP contribution in [0.4, 0.5) is 4.79 Å². The third-order valence-electron chi connectivity index (χ3n) is 2.97. The quantitative estimate of drug-likeness (QED) is 0.750. The third kappa shape index (κ3) is 5.77. The number of nitrogens with one attached hydrogen (secondary N) is 1. The highest BCUT2D eigenvalue weighted by Gasteiger charge is 2.34. The molecule has 20 heavy (non-hydrogen) atoms. The Morgan fingerprint density at radius 2 is 1.95 bits per heavy atom. The van der Waals surface area contributed by atoms with E-state index in [1.807, 2.05) is 20.8 Å². The van der Waals surface area contributed by atoms with Crippen LogP contribution in [0.25, 0.3) is 0 Å². The molecule has 1 unspecified atom stereocenters. The molecule has 1 N–H and O–H groups in total. The first-order valence-corrected chi connectivity index (χ1v) is 7.05. The molecule has 0 aromatic heterocycles. The molecule has 1 amide bonds. The van der Waals surface area contributed by atoms with E-state index in [4.69, 9.17) is 4.74 Å². The van der Waals surface area contributed by atoms with Gasteiger partial charge in [0.1, 0.15) is 11.6 Å². The van der Waals surface area contributed by atoms with Crippen molar-refractivity contribution in [1.82, 2.24) is 10.2 Å². The van der Waals surface area contributed by atoms with Crippen molar-refractivity contribution in [2.75, 3.05) is 20.2 Å². The van der Waals surface area contributed by atoms with Gasteiger partial charge < -0.3 is 19.7 Å². The number of carbonyl (C=O) groups is 2. The Morgan fingerprint density at radius 3 is 2.40 bits per heavy atom. The molecule has 6 heteroatoms. The minimum absolute atomic E-state index is 0.278. The molecular weight excluding hydrogens is 260 g/mol. The number of esters is 1. The predicted octanol–water partition coefficient (Wildman–Crippen LogP) is 1.54. The van der Waals surface area contributed by atoms with Crippen LogP contribution < -0.4 is 5.32 Å². The number of amides is 1. The van der Waals surface area contributed by atoms with Crippen LogP contribution in [0.5, 0.6) is 0 Å². The zero-order valence-corrected chi connectivity index (χ0v) is 13.1. The molecule has 0 heterocycles. The van der Waals surface area contributed by atoms with Crippen LogP contribution in [0.1, 0.15) is 40.5 Å². The molecule has 0 radical (unpaired) electrons. The van der Waals surface area contributed by atoms with Gasteiger partial charge in [0.15, 0.2) is 0 Å². The lowest BCUT2D eigenvalue weighted by Crippen LogP contribution is -2.44. The molecule has 1 rings (SSSR count). The average molecular weight is 286 g/mol. The summed E-state index contributed by atoms with van der Waals surface area (Å²) in [4.78, 5) is 25.1. The maximum absolute atomic E-state index is 12.1. The van der Waals surface area contributed by atoms with Gasteiger partial charge in [0.25, 0.3) is 0 Å². The highest BCUT2D eigenvalue weighted by molar-refractivity contribution is 5.75. The minimum Gasteiger partial charge on any atom is -0.468 e. The maximum atomic E-state index is 12.1. The molecule has 6 nitrogen and oxygen atoms in total. The van der Waals surface area contributed by atoms with Gasteiger partial charge in [-0.3, -0.25) is 4.79 Å². The SMILES string of the molecule is COC(=O)C(C)NCCN(C(=O)OC(C)(C)C)C1CC1. The second-order valence-corrected chi connectivity index (χ2v) is 6.10. The van der Waals surface area contributed by atoms with Gasteiger partial charge in [-0.1, -0.05) is 0 Å². The summed E-state index contributed by atoms with van der Waals surface area (Å²) in [5.74, 6) is -0.305. The van der Waals surface area contributed by atoms with Gasteiger partial charge in [0.05, 0.1) is 7.11 Å². The summed E-state index contributed by atoms with van der Waals surface area (Å²) in [6, 6.07) is -0.0974. The van der Waals surface area contributed by atoms with Crippen LogP contribution in [-0.4, -0.2) is 54.8 Å². The van der Waals surface area contributed by atoms with Gasteiger partial charge in [-0.05, 0) is 40.5 Å². The molecule has 116 valence electrons. The monoisotopic (exact) mass is 286 g/mol. The number of rotatable bonds is 6. The van der Waals surface area contributed by atoms with Gasteiger partial charge >= 0.3 is 12.1 Å². The summed E-state index contributed by atoms with van der Waals surface area (Å²) in [5.41, 5.74) is -0.489. The zero-order chi connectivity index (χ0) is 15.3. The maximum Gasteiger partial charge on any atom is 0.410 e. The first-order valence-electron chi connectivity index (χ1n) is 7.05. The Morgan fingerprint density at radius 1 is 1.35 bits per heavy atom. The van der Waals surface area contributed by atoms with Crippen LogP contribution in [0, 0.1) is 0 Å². The Labute approximate surface area is 120 Å². The number of nitrogens with zero attached hydrogens (tertiary/aromatic N) is 1. The van der Waals surface area contributed by atoms with Crippen molar-refractivity contribution in [3.63, 3.8) is 0 Å². The summed E-state index contributed by atoms with van der Waals surface area (Å²) in [7, 11) is 1.36. The van der Waals surface area contributed by atoms with Crippen molar-refractivity contribution in [3.05, 3.63) is 0 Å². The van der Waals surface area contributed by atoms with E-state index < -0.39 is 5.60 Å². The van der Waals surface area contributed by atoms with Gasteiger partial charge in [-0.15, -0.1) is 0 Å². The minimum atomic E-state index is -0.489. The fourth-order valence-electron chi connectivity index (χ4n) is 1.79. The van der Waals surface area contributed by atoms with Gasteiger partial charge in [-0.25, -0.2) is 4.79 Å². The van der Waals surface area contributed by atoms with E-state index in [1.54, 1.807) is 11.8 Å². The summed E-state index contributed by atoms with van der Waals surface area (Å²) >= 11 is 0. The van der Waals surface area contributed by atoms with Crippen molar-refractivity contribution in [1.29, 1.82) is 0 Å². The van der Waals surface area contributed by atoms with Crippen LogP contribution in [0.2, 0.25) is 0 Å². The van der Waals surface area contributed by atoms with E-state index in [0.29, 0.717) is 13.1 Å². The molecule has 1 atom stereocenters. The summed E-state index contributed by atoms with van der Waals surface area (Å²) in [6.07, 6.45) is 1.75. The summed E-state index contributed by atoms with van der Waals surface area (Å²) in [6.45, 7) is 8.36. The Bertz CT molecular complexity index is 348. The standard InChI is InChI=1S/C14H26N2O4/c1-10(12(17)19-5)15-8-9-16(11-6-7-11)13(18)20-14(2,3)4/h10-11,15H,6-9H2,1-5H3. The molecule has 0 bridgehead atoms. The van der Waals surface area contributed by atoms with E-state index in [2.05, 4.69) is 10.1 Å². The number of ether oxygens (including phenoxy) is 2. The summed E-state index contributed by atoms with van der Waals surface area (Å²) in [5, 5.41) is 3.04. The molecule has 0 spiro atoms. The molecular formula is C14H26N2O4. The highest BCUT2D eigenvalue weighted by atomic mass is 16.6. The lowest BCUT2D eigenvalue weighted by atomic mass is 10.2. The molecule has 0 saturated heterocycles. The van der Waals surface area contributed by atoms with E-state index in [0.717, 1.165) is 12.8 Å². The second-order valence-electron chi connectivity index (χ2n) is 6.10. The fourth-order valence-corrected chi connectivity index (χ4v) is 1.79. The molecule has 1 aliphatic rings. The van der Waals surface area contributed by atoms with Crippen LogP contribution in [0.3, 0.4) is 0 Å².